The van der Waals surface area contributed by atoms with Crippen LogP contribution in [0.4, 0.5) is 11.5 Å². The molecule has 0 aliphatic carbocycles. The van der Waals surface area contributed by atoms with Gasteiger partial charge < -0.3 is 4.90 Å². The van der Waals surface area contributed by atoms with Gasteiger partial charge in [-0.25, -0.2) is 19.9 Å². The van der Waals surface area contributed by atoms with Gasteiger partial charge in [-0.1, -0.05) is 48.5 Å². The number of rotatable bonds is 5. The first kappa shape index (κ1) is 19.5. The van der Waals surface area contributed by atoms with Gasteiger partial charge in [-0.15, -0.1) is 0 Å². The zero-order valence-electron chi connectivity index (χ0n) is 15.3. The average molecular weight is 390 g/mol. The standard InChI is InChI=1S/C18H16ClN3.C4H4N2/c19-18-20-13-11-17(21-18)22(16-9-5-2-6-10-16)14-12-15-7-3-1-4-8-15;1-2-5-4-6-3-1/h1-11,13H,12,14H2;1-4H. The third kappa shape index (κ3) is 6.14. The van der Waals surface area contributed by atoms with E-state index >= 15 is 0 Å². The van der Waals surface area contributed by atoms with Crippen molar-refractivity contribution in [1.82, 2.24) is 19.9 Å². The Morgan fingerprint density at radius 1 is 0.750 bits per heavy atom. The van der Waals surface area contributed by atoms with Crippen LogP contribution in [0.2, 0.25) is 5.28 Å². The van der Waals surface area contributed by atoms with Crippen molar-refractivity contribution in [2.75, 3.05) is 11.4 Å². The third-order valence-corrected chi connectivity index (χ3v) is 4.08. The predicted molar refractivity (Wildman–Crippen MR) is 113 cm³/mol. The number of hydrogen-bond acceptors (Lipinski definition) is 5. The van der Waals surface area contributed by atoms with Gasteiger partial charge >= 0.3 is 0 Å². The molecule has 0 spiro atoms. The summed E-state index contributed by atoms with van der Waals surface area (Å²) < 4.78 is 0. The first-order valence-electron chi connectivity index (χ1n) is 8.88. The summed E-state index contributed by atoms with van der Waals surface area (Å²) in [5.41, 5.74) is 2.39. The summed E-state index contributed by atoms with van der Waals surface area (Å²) in [5, 5.41) is 0.262. The maximum atomic E-state index is 5.94. The molecule has 140 valence electrons. The number of benzene rings is 2. The molecule has 4 rings (SSSR count). The summed E-state index contributed by atoms with van der Waals surface area (Å²) in [7, 11) is 0. The van der Waals surface area contributed by atoms with Crippen LogP contribution in [0.5, 0.6) is 0 Å². The minimum absolute atomic E-state index is 0.262. The lowest BCUT2D eigenvalue weighted by Crippen LogP contribution is -2.21. The molecule has 0 unspecified atom stereocenters. The number of aromatic nitrogens is 4. The highest BCUT2D eigenvalue weighted by Gasteiger charge is 2.11. The number of halogens is 1. The highest BCUT2D eigenvalue weighted by molar-refractivity contribution is 6.28. The number of hydrogen-bond donors (Lipinski definition) is 0. The van der Waals surface area contributed by atoms with Crippen LogP contribution in [-0.2, 0) is 6.42 Å². The highest BCUT2D eigenvalue weighted by atomic mass is 35.5. The Morgan fingerprint density at radius 2 is 1.43 bits per heavy atom. The Morgan fingerprint density at radius 3 is 2.00 bits per heavy atom. The van der Waals surface area contributed by atoms with Crippen LogP contribution in [0.15, 0.2) is 97.7 Å². The second kappa shape index (κ2) is 10.7. The molecule has 2 aromatic heterocycles. The molecule has 0 atom stereocenters. The lowest BCUT2D eigenvalue weighted by Gasteiger charge is -2.24. The van der Waals surface area contributed by atoms with E-state index in [1.807, 2.05) is 30.3 Å². The average Bonchev–Trinajstić information content (AvgIpc) is 2.77. The fourth-order valence-electron chi connectivity index (χ4n) is 2.60. The smallest absolute Gasteiger partial charge is 0.224 e. The highest BCUT2D eigenvalue weighted by Crippen LogP contribution is 2.24. The molecule has 0 saturated carbocycles. The molecule has 0 saturated heterocycles. The van der Waals surface area contributed by atoms with Crippen LogP contribution in [0.25, 0.3) is 0 Å². The second-order valence-electron chi connectivity index (χ2n) is 5.81. The van der Waals surface area contributed by atoms with E-state index in [0.717, 1.165) is 24.5 Å². The lowest BCUT2D eigenvalue weighted by molar-refractivity contribution is 0.892. The van der Waals surface area contributed by atoms with Gasteiger partial charge in [0.15, 0.2) is 0 Å². The van der Waals surface area contributed by atoms with E-state index in [0.29, 0.717) is 0 Å². The Kier molecular flexibility index (Phi) is 7.46. The van der Waals surface area contributed by atoms with Crippen molar-refractivity contribution in [3.8, 4) is 0 Å². The normalized spacial score (nSPS) is 9.89. The van der Waals surface area contributed by atoms with Gasteiger partial charge in [0.1, 0.15) is 12.1 Å². The van der Waals surface area contributed by atoms with Crippen LogP contribution < -0.4 is 4.90 Å². The summed E-state index contributed by atoms with van der Waals surface area (Å²) in [6, 6.07) is 24.3. The van der Waals surface area contributed by atoms with Crippen molar-refractivity contribution < 1.29 is 0 Å². The Bertz CT molecular complexity index is 910. The van der Waals surface area contributed by atoms with Gasteiger partial charge in [0.2, 0.25) is 5.28 Å². The summed E-state index contributed by atoms with van der Waals surface area (Å²) in [4.78, 5) is 17.8. The molecule has 0 N–H and O–H groups in total. The second-order valence-corrected chi connectivity index (χ2v) is 6.15. The number of anilines is 2. The number of para-hydroxylation sites is 1. The van der Waals surface area contributed by atoms with Crippen molar-refractivity contribution in [2.24, 2.45) is 0 Å². The molecule has 0 fully saturated rings. The van der Waals surface area contributed by atoms with Gasteiger partial charge in [0, 0.05) is 30.8 Å². The van der Waals surface area contributed by atoms with Gasteiger partial charge in [0.25, 0.3) is 0 Å². The van der Waals surface area contributed by atoms with E-state index in [2.05, 4.69) is 61.2 Å². The van der Waals surface area contributed by atoms with Gasteiger partial charge in [0.05, 0.1) is 0 Å². The van der Waals surface area contributed by atoms with E-state index in [1.54, 1.807) is 24.7 Å². The van der Waals surface area contributed by atoms with Crippen molar-refractivity contribution in [3.63, 3.8) is 0 Å². The molecular formula is C22H20ClN5. The van der Waals surface area contributed by atoms with E-state index < -0.39 is 0 Å². The predicted octanol–water partition coefficient (Wildman–Crippen LogP) is 4.99. The molecule has 4 aromatic rings. The third-order valence-electron chi connectivity index (χ3n) is 3.90. The van der Waals surface area contributed by atoms with Gasteiger partial charge in [-0.3, -0.25) is 0 Å². The summed E-state index contributed by atoms with van der Waals surface area (Å²) in [5.74, 6) is 0.808. The summed E-state index contributed by atoms with van der Waals surface area (Å²) >= 11 is 5.94. The van der Waals surface area contributed by atoms with Crippen LogP contribution in [0, 0.1) is 0 Å². The van der Waals surface area contributed by atoms with E-state index in [4.69, 9.17) is 11.6 Å². The maximum Gasteiger partial charge on any atom is 0.224 e. The van der Waals surface area contributed by atoms with Crippen molar-refractivity contribution in [1.29, 1.82) is 0 Å². The summed E-state index contributed by atoms with van der Waals surface area (Å²) in [6.07, 6.45) is 7.49. The molecule has 0 radical (unpaired) electrons. The molecule has 2 heterocycles. The Hall–Kier alpha value is -3.31. The topological polar surface area (TPSA) is 54.8 Å². The van der Waals surface area contributed by atoms with E-state index in [1.165, 1.54) is 11.9 Å². The lowest BCUT2D eigenvalue weighted by atomic mass is 10.1. The SMILES string of the molecule is Clc1nccc(N(CCc2ccccc2)c2ccccc2)n1.c1cncnc1. The molecule has 0 aliphatic heterocycles. The Balaban J connectivity index is 0.000000320. The van der Waals surface area contributed by atoms with E-state index in [-0.39, 0.29) is 5.28 Å². The molecule has 2 aromatic carbocycles. The van der Waals surface area contributed by atoms with Crippen LogP contribution in [0.1, 0.15) is 5.56 Å². The quantitative estimate of drug-likeness (QED) is 0.450. The maximum absolute atomic E-state index is 5.94. The molecule has 0 aliphatic rings. The van der Waals surface area contributed by atoms with E-state index in [9.17, 15) is 0 Å². The minimum atomic E-state index is 0.262. The number of nitrogens with zero attached hydrogens (tertiary/aromatic N) is 5. The van der Waals surface area contributed by atoms with Crippen LogP contribution in [-0.4, -0.2) is 26.5 Å². The van der Waals surface area contributed by atoms with Crippen LogP contribution in [0.3, 0.4) is 0 Å². The molecule has 5 nitrogen and oxygen atoms in total. The van der Waals surface area contributed by atoms with Crippen molar-refractivity contribution >= 4 is 23.1 Å². The molecule has 6 heteroatoms. The minimum Gasteiger partial charge on any atom is -0.326 e. The van der Waals surface area contributed by atoms with Crippen molar-refractivity contribution in [3.05, 3.63) is 109 Å². The molecule has 0 amide bonds. The molecular weight excluding hydrogens is 370 g/mol. The molecule has 0 bridgehead atoms. The fourth-order valence-corrected chi connectivity index (χ4v) is 2.74. The van der Waals surface area contributed by atoms with Gasteiger partial charge in [-0.2, -0.15) is 0 Å². The fraction of sp³-hybridized carbons (Fsp3) is 0.0909. The van der Waals surface area contributed by atoms with Crippen LogP contribution >= 0.6 is 11.6 Å². The first-order chi connectivity index (χ1) is 13.8. The van der Waals surface area contributed by atoms with Crippen molar-refractivity contribution in [2.45, 2.75) is 6.42 Å². The monoisotopic (exact) mass is 389 g/mol. The summed E-state index contributed by atoms with van der Waals surface area (Å²) in [6.45, 7) is 0.821. The zero-order chi connectivity index (χ0) is 19.4. The molecule has 28 heavy (non-hydrogen) atoms. The Labute approximate surface area is 169 Å². The zero-order valence-corrected chi connectivity index (χ0v) is 16.0. The van der Waals surface area contributed by atoms with Gasteiger partial charge in [-0.05, 0) is 47.9 Å². The largest absolute Gasteiger partial charge is 0.326 e. The first-order valence-corrected chi connectivity index (χ1v) is 9.26.